The predicted octanol–water partition coefficient (Wildman–Crippen LogP) is 9.50. The minimum atomic E-state index is 1.12. The van der Waals surface area contributed by atoms with E-state index in [0.717, 1.165) is 22.6 Å². The highest BCUT2D eigenvalue weighted by molar-refractivity contribution is 5.85. The molecule has 0 aliphatic heterocycles. The molecule has 0 heterocycles. The summed E-state index contributed by atoms with van der Waals surface area (Å²) in [7, 11) is 0. The number of hydrogen-bond acceptors (Lipinski definition) is 1. The molecule has 5 aromatic rings. The van der Waals surface area contributed by atoms with Crippen molar-refractivity contribution in [1.29, 1.82) is 0 Å². The molecule has 1 heteroatoms. The summed E-state index contributed by atoms with van der Waals surface area (Å²) < 4.78 is 0. The summed E-state index contributed by atoms with van der Waals surface area (Å²) in [6.07, 6.45) is 8.66. The summed E-state index contributed by atoms with van der Waals surface area (Å²) in [4.78, 5) is 2.31. The second kappa shape index (κ2) is 11.0. The van der Waals surface area contributed by atoms with Crippen molar-refractivity contribution in [2.24, 2.45) is 0 Å². The van der Waals surface area contributed by atoms with Crippen molar-refractivity contribution >= 4 is 41.4 Å². The first kappa shape index (κ1) is 22.2. The van der Waals surface area contributed by atoms with Gasteiger partial charge in [0.15, 0.2) is 0 Å². The number of hydrogen-bond donors (Lipinski definition) is 0. The fourth-order valence-corrected chi connectivity index (χ4v) is 4.08. The average Bonchev–Trinajstić information content (AvgIpc) is 2.94. The Morgan fingerprint density at radius 3 is 1.37 bits per heavy atom. The molecule has 0 saturated carbocycles. The van der Waals surface area contributed by atoms with Crippen LogP contribution < -0.4 is 4.90 Å². The minimum Gasteiger partial charge on any atom is -0.310 e. The molecule has 0 amide bonds. The number of nitrogens with zero attached hydrogens (tertiary/aromatic N) is 1. The van der Waals surface area contributed by atoms with E-state index in [0.29, 0.717) is 0 Å². The van der Waals surface area contributed by atoms with E-state index in [-0.39, 0.29) is 0 Å². The lowest BCUT2D eigenvalue weighted by Gasteiger charge is -2.27. The highest BCUT2D eigenvalue weighted by Crippen LogP contribution is 2.37. The van der Waals surface area contributed by atoms with E-state index in [4.69, 9.17) is 0 Å². The predicted molar refractivity (Wildman–Crippen MR) is 152 cm³/mol. The van der Waals surface area contributed by atoms with Crippen LogP contribution in [-0.4, -0.2) is 0 Å². The largest absolute Gasteiger partial charge is 0.310 e. The highest BCUT2D eigenvalue weighted by Gasteiger charge is 2.14. The zero-order chi connectivity index (χ0) is 23.7. The van der Waals surface area contributed by atoms with Gasteiger partial charge in [-0.1, -0.05) is 133 Å². The van der Waals surface area contributed by atoms with Crippen molar-refractivity contribution in [2.45, 2.75) is 0 Å². The van der Waals surface area contributed by atoms with Crippen molar-refractivity contribution in [2.75, 3.05) is 4.90 Å². The summed E-state index contributed by atoms with van der Waals surface area (Å²) in [5.41, 5.74) is 8.09. The minimum absolute atomic E-state index is 1.12. The van der Waals surface area contributed by atoms with Crippen LogP contribution in [0.5, 0.6) is 0 Å². The Labute approximate surface area is 208 Å². The standard InChI is InChI=1S/C34H27N/c1-4-12-28(13-5-1)20-21-30-23-26-33(27-24-30)35(32-17-8-3-9-18-32)34-19-11-10-16-31(34)25-22-29-14-6-2-7-15-29/h1-27H/b21-20+,25-22+. The molecule has 1 nitrogen and oxygen atoms in total. The number of para-hydroxylation sites is 2. The van der Waals surface area contributed by atoms with E-state index in [2.05, 4.69) is 157 Å². The topological polar surface area (TPSA) is 3.24 Å². The van der Waals surface area contributed by atoms with E-state index in [1.165, 1.54) is 16.7 Å². The van der Waals surface area contributed by atoms with Gasteiger partial charge in [-0.15, -0.1) is 0 Å². The lowest BCUT2D eigenvalue weighted by atomic mass is 10.1. The third-order valence-electron chi connectivity index (χ3n) is 5.87. The van der Waals surface area contributed by atoms with Crippen LogP contribution in [0.3, 0.4) is 0 Å². The summed E-state index contributed by atoms with van der Waals surface area (Å²) >= 11 is 0. The Balaban J connectivity index is 1.50. The Bertz CT molecular complexity index is 1400. The van der Waals surface area contributed by atoms with Gasteiger partial charge in [-0.25, -0.2) is 0 Å². The van der Waals surface area contributed by atoms with Gasteiger partial charge < -0.3 is 4.90 Å². The molecule has 168 valence electrons. The van der Waals surface area contributed by atoms with Gasteiger partial charge in [-0.3, -0.25) is 0 Å². The Morgan fingerprint density at radius 2 is 0.771 bits per heavy atom. The maximum atomic E-state index is 2.31. The van der Waals surface area contributed by atoms with E-state index < -0.39 is 0 Å². The lowest BCUT2D eigenvalue weighted by molar-refractivity contribution is 1.28. The molecule has 0 aromatic heterocycles. The molecule has 5 rings (SSSR count). The summed E-state index contributed by atoms with van der Waals surface area (Å²) in [6.45, 7) is 0. The number of rotatable bonds is 7. The van der Waals surface area contributed by atoms with E-state index in [9.17, 15) is 0 Å². The molecule has 0 aliphatic carbocycles. The van der Waals surface area contributed by atoms with Crippen LogP contribution >= 0.6 is 0 Å². The van der Waals surface area contributed by atoms with E-state index in [1.54, 1.807) is 0 Å². The van der Waals surface area contributed by atoms with Crippen LogP contribution in [0.25, 0.3) is 24.3 Å². The molecule has 0 fully saturated rings. The second-order valence-electron chi connectivity index (χ2n) is 8.31. The summed E-state index contributed by atoms with van der Waals surface area (Å²) in [6, 6.07) is 48.6. The maximum Gasteiger partial charge on any atom is 0.0533 e. The summed E-state index contributed by atoms with van der Waals surface area (Å²) in [5, 5.41) is 0. The average molecular weight is 450 g/mol. The van der Waals surface area contributed by atoms with Crippen molar-refractivity contribution in [3.8, 4) is 0 Å². The van der Waals surface area contributed by atoms with Crippen LogP contribution in [0.1, 0.15) is 22.3 Å². The van der Waals surface area contributed by atoms with Gasteiger partial charge >= 0.3 is 0 Å². The SMILES string of the molecule is C(=C\c1ccc(N(c2ccccc2)c2ccccc2/C=C/c2ccccc2)cc1)/c1ccccc1. The first-order valence-electron chi connectivity index (χ1n) is 11.9. The fraction of sp³-hybridized carbons (Fsp3) is 0. The Kier molecular flexibility index (Phi) is 6.97. The van der Waals surface area contributed by atoms with Crippen molar-refractivity contribution in [3.63, 3.8) is 0 Å². The Morgan fingerprint density at radius 1 is 0.343 bits per heavy atom. The van der Waals surface area contributed by atoms with Crippen molar-refractivity contribution < 1.29 is 0 Å². The smallest absolute Gasteiger partial charge is 0.0533 e. The van der Waals surface area contributed by atoms with Gasteiger partial charge in [-0.05, 0) is 52.6 Å². The molecule has 0 atom stereocenters. The molecule has 0 saturated heterocycles. The van der Waals surface area contributed by atoms with Gasteiger partial charge in [0.2, 0.25) is 0 Å². The summed E-state index contributed by atoms with van der Waals surface area (Å²) in [5.74, 6) is 0. The molecule has 35 heavy (non-hydrogen) atoms. The molecule has 0 radical (unpaired) electrons. The normalized spacial score (nSPS) is 11.2. The molecular formula is C34H27N. The van der Waals surface area contributed by atoms with Crippen molar-refractivity contribution in [3.05, 3.63) is 162 Å². The van der Waals surface area contributed by atoms with Crippen LogP contribution in [0.15, 0.2) is 140 Å². The van der Waals surface area contributed by atoms with E-state index >= 15 is 0 Å². The molecule has 0 unspecified atom stereocenters. The monoisotopic (exact) mass is 449 g/mol. The zero-order valence-electron chi connectivity index (χ0n) is 19.5. The van der Waals surface area contributed by atoms with Gasteiger partial charge in [0, 0.05) is 11.4 Å². The molecule has 0 bridgehead atoms. The molecule has 0 spiro atoms. The third-order valence-corrected chi connectivity index (χ3v) is 5.87. The van der Waals surface area contributed by atoms with Crippen LogP contribution in [0, 0.1) is 0 Å². The third kappa shape index (κ3) is 5.66. The number of anilines is 3. The van der Waals surface area contributed by atoms with Crippen LogP contribution in [0.2, 0.25) is 0 Å². The lowest BCUT2D eigenvalue weighted by Crippen LogP contribution is -2.11. The molecule has 0 N–H and O–H groups in total. The maximum absolute atomic E-state index is 2.31. The Hall–Kier alpha value is -4.62. The van der Waals surface area contributed by atoms with Crippen LogP contribution in [0.4, 0.5) is 17.1 Å². The fourth-order valence-electron chi connectivity index (χ4n) is 4.08. The van der Waals surface area contributed by atoms with Gasteiger partial charge in [0.05, 0.1) is 5.69 Å². The number of benzene rings is 5. The highest BCUT2D eigenvalue weighted by atomic mass is 15.1. The first-order valence-corrected chi connectivity index (χ1v) is 11.9. The van der Waals surface area contributed by atoms with Gasteiger partial charge in [-0.2, -0.15) is 0 Å². The molecular weight excluding hydrogens is 422 g/mol. The zero-order valence-corrected chi connectivity index (χ0v) is 19.5. The van der Waals surface area contributed by atoms with Gasteiger partial charge in [0.25, 0.3) is 0 Å². The van der Waals surface area contributed by atoms with Crippen molar-refractivity contribution in [1.82, 2.24) is 0 Å². The quantitative estimate of drug-likeness (QED) is 0.224. The molecule has 0 aliphatic rings. The molecule has 5 aromatic carbocycles. The van der Waals surface area contributed by atoms with Crippen LogP contribution in [-0.2, 0) is 0 Å². The first-order chi connectivity index (χ1) is 17.4. The van der Waals surface area contributed by atoms with E-state index in [1.807, 2.05) is 12.1 Å². The van der Waals surface area contributed by atoms with Gasteiger partial charge in [0.1, 0.15) is 0 Å². The second-order valence-corrected chi connectivity index (χ2v) is 8.31.